The Morgan fingerprint density at radius 3 is 2.15 bits per heavy atom. The lowest BCUT2D eigenvalue weighted by Gasteiger charge is -2.15. The first-order valence-electron chi connectivity index (χ1n) is 13.2. The fourth-order valence-corrected chi connectivity index (χ4v) is 5.94. The van der Waals surface area contributed by atoms with Gasteiger partial charge in [0.25, 0.3) is 15.9 Å². The number of carbonyl (C=O) groups excluding carboxylic acids is 1. The molecular weight excluding hydrogens is 643 g/mol. The molecule has 4 aromatic carbocycles. The van der Waals surface area contributed by atoms with Crippen molar-refractivity contribution in [2.75, 3.05) is 17.1 Å². The number of nitrogens with zero attached hydrogens (tertiary/aromatic N) is 2. The fraction of sp³-hybridized carbons (Fsp3) is 0.133. The average Bonchev–Trinajstić information content (AvgIpc) is 3.37. The maximum absolute atomic E-state index is 14.5. The lowest BCUT2D eigenvalue weighted by atomic mass is 9.98. The molecule has 46 heavy (non-hydrogen) atoms. The molecule has 240 valence electrons. The van der Waals surface area contributed by atoms with Crippen LogP contribution in [0.25, 0.3) is 22.2 Å². The topological polar surface area (TPSA) is 105 Å². The summed E-state index contributed by atoms with van der Waals surface area (Å²) in [5.41, 5.74) is -1.52. The van der Waals surface area contributed by atoms with Crippen molar-refractivity contribution in [3.8, 4) is 11.1 Å². The minimum Gasteiger partial charge on any atom is -0.334 e. The van der Waals surface area contributed by atoms with Crippen molar-refractivity contribution in [3.63, 3.8) is 0 Å². The van der Waals surface area contributed by atoms with E-state index in [0.29, 0.717) is 5.52 Å². The number of amides is 1. The van der Waals surface area contributed by atoms with E-state index in [4.69, 9.17) is 0 Å². The van der Waals surface area contributed by atoms with Gasteiger partial charge in [-0.3, -0.25) is 9.52 Å². The monoisotopic (exact) mass is 665 g/mol. The molecule has 16 heteroatoms. The first-order chi connectivity index (χ1) is 21.6. The minimum absolute atomic E-state index is 0.0369. The van der Waals surface area contributed by atoms with Gasteiger partial charge in [0, 0.05) is 36.1 Å². The molecule has 0 unspecified atom stereocenters. The molecule has 0 aliphatic rings. The number of imidazole rings is 1. The molecule has 0 spiro atoms. The Bertz CT molecular complexity index is 2070. The molecule has 1 heterocycles. The maximum atomic E-state index is 14.5. The molecule has 0 fully saturated rings. The Balaban J connectivity index is 1.37. The van der Waals surface area contributed by atoms with Crippen LogP contribution in [0.3, 0.4) is 0 Å². The second kappa shape index (κ2) is 12.1. The number of nitrogens with one attached hydrogen (secondary N) is 3. The van der Waals surface area contributed by atoms with E-state index in [9.17, 15) is 43.9 Å². The van der Waals surface area contributed by atoms with E-state index in [1.54, 1.807) is 7.05 Å². The summed E-state index contributed by atoms with van der Waals surface area (Å²) in [6.07, 6.45) is -3.30. The van der Waals surface area contributed by atoms with E-state index in [1.807, 2.05) is 4.72 Å². The third-order valence-electron chi connectivity index (χ3n) is 6.94. The Morgan fingerprint density at radius 1 is 0.891 bits per heavy atom. The second-order valence-electron chi connectivity index (χ2n) is 10.1. The van der Waals surface area contributed by atoms with Gasteiger partial charge in [-0.2, -0.15) is 13.2 Å². The van der Waals surface area contributed by atoms with Gasteiger partial charge in [-0.25, -0.2) is 31.0 Å². The number of fused-ring (bicyclic) bond motifs is 1. The van der Waals surface area contributed by atoms with Crippen LogP contribution in [0, 0.1) is 23.3 Å². The molecule has 5 aromatic rings. The number of aryl methyl sites for hydroxylation is 1. The summed E-state index contributed by atoms with van der Waals surface area (Å²) < 4.78 is 128. The zero-order valence-corrected chi connectivity index (χ0v) is 24.5. The van der Waals surface area contributed by atoms with Gasteiger partial charge in [0.05, 0.1) is 22.9 Å². The summed E-state index contributed by atoms with van der Waals surface area (Å²) >= 11 is 0. The van der Waals surface area contributed by atoms with E-state index in [0.717, 1.165) is 30.3 Å². The van der Waals surface area contributed by atoms with E-state index < -0.39 is 67.9 Å². The number of alkyl halides is 3. The Kier molecular flexibility index (Phi) is 8.53. The summed E-state index contributed by atoms with van der Waals surface area (Å²) in [4.78, 5) is 15.2. The van der Waals surface area contributed by atoms with E-state index in [1.165, 1.54) is 48.3 Å². The summed E-state index contributed by atoms with van der Waals surface area (Å²) in [5, 5.41) is 4.86. The highest BCUT2D eigenvalue weighted by molar-refractivity contribution is 7.92. The molecule has 0 saturated heterocycles. The molecule has 1 amide bonds. The number of aromatic nitrogens is 2. The molecular formula is C30H22F7N5O3S. The Labute approximate surface area is 256 Å². The SMILES string of the molecule is CNCc1c(F)c(F)c(S(=O)(=O)Nc2ccc(C(=O)Nc3cccc(-c4cc5ncn(C)c5cc4C(F)(F)F)c3)cc2)c(F)c1F. The van der Waals surface area contributed by atoms with E-state index in [-0.39, 0.29) is 33.6 Å². The number of hydrogen-bond acceptors (Lipinski definition) is 5. The summed E-state index contributed by atoms with van der Waals surface area (Å²) in [5.74, 6) is -8.72. The van der Waals surface area contributed by atoms with Crippen molar-refractivity contribution >= 4 is 38.3 Å². The standard InChI is InChI=1S/C30H22F7N5O3S/c1-38-13-20-24(31)26(33)28(27(34)25(20)32)46(44,45)41-17-8-6-15(7-9-17)29(43)40-18-5-3-4-16(10-18)19-11-22-23(42(2)14-39-22)12-21(19)30(35,36)37/h3-12,14,38,41H,13H2,1-2H3,(H,40,43). The highest BCUT2D eigenvalue weighted by Gasteiger charge is 2.35. The van der Waals surface area contributed by atoms with Crippen molar-refractivity contribution in [2.24, 2.45) is 7.05 Å². The maximum Gasteiger partial charge on any atom is 0.417 e. The minimum atomic E-state index is -5.18. The Hall–Kier alpha value is -4.96. The molecule has 0 aliphatic heterocycles. The molecule has 0 saturated carbocycles. The van der Waals surface area contributed by atoms with Crippen LogP contribution in [0.4, 0.5) is 42.1 Å². The number of sulfonamides is 1. The summed E-state index contributed by atoms with van der Waals surface area (Å²) in [6.45, 7) is -0.609. The summed E-state index contributed by atoms with van der Waals surface area (Å²) in [6, 6.07) is 12.3. The smallest absolute Gasteiger partial charge is 0.334 e. The van der Waals surface area contributed by atoms with Gasteiger partial charge < -0.3 is 15.2 Å². The van der Waals surface area contributed by atoms with Gasteiger partial charge in [-0.15, -0.1) is 0 Å². The lowest BCUT2D eigenvalue weighted by Crippen LogP contribution is -2.21. The molecule has 8 nitrogen and oxygen atoms in total. The molecule has 5 rings (SSSR count). The van der Waals surface area contributed by atoms with Crippen molar-refractivity contribution in [1.29, 1.82) is 0 Å². The van der Waals surface area contributed by atoms with Crippen molar-refractivity contribution < 1.29 is 43.9 Å². The fourth-order valence-electron chi connectivity index (χ4n) is 4.74. The zero-order chi connectivity index (χ0) is 33.6. The van der Waals surface area contributed by atoms with Crippen LogP contribution in [0.15, 0.2) is 71.9 Å². The van der Waals surface area contributed by atoms with Crippen molar-refractivity contribution in [2.45, 2.75) is 17.6 Å². The average molecular weight is 666 g/mol. The van der Waals surface area contributed by atoms with Gasteiger partial charge in [0.15, 0.2) is 28.2 Å². The van der Waals surface area contributed by atoms with Crippen LogP contribution in [0.5, 0.6) is 0 Å². The first-order valence-corrected chi connectivity index (χ1v) is 14.7. The van der Waals surface area contributed by atoms with E-state index in [2.05, 4.69) is 15.6 Å². The van der Waals surface area contributed by atoms with Crippen molar-refractivity contribution in [1.82, 2.24) is 14.9 Å². The van der Waals surface area contributed by atoms with Crippen LogP contribution in [-0.4, -0.2) is 30.9 Å². The number of halogens is 7. The van der Waals surface area contributed by atoms with Crippen LogP contribution in [0.2, 0.25) is 0 Å². The zero-order valence-electron chi connectivity index (χ0n) is 23.7. The van der Waals surface area contributed by atoms with Gasteiger partial charge in [-0.1, -0.05) is 12.1 Å². The van der Waals surface area contributed by atoms with Crippen molar-refractivity contribution in [3.05, 3.63) is 107 Å². The first kappa shape index (κ1) is 32.4. The third-order valence-corrected chi connectivity index (χ3v) is 8.34. The molecule has 3 N–H and O–H groups in total. The molecule has 0 radical (unpaired) electrons. The number of hydrogen-bond donors (Lipinski definition) is 3. The van der Waals surface area contributed by atoms with Gasteiger partial charge in [0.1, 0.15) is 0 Å². The van der Waals surface area contributed by atoms with Crippen LogP contribution in [0.1, 0.15) is 21.5 Å². The predicted molar refractivity (Wildman–Crippen MR) is 155 cm³/mol. The Morgan fingerprint density at radius 2 is 1.54 bits per heavy atom. The summed E-state index contributed by atoms with van der Waals surface area (Å²) in [7, 11) is -2.35. The molecule has 0 bridgehead atoms. The normalized spacial score (nSPS) is 12.0. The highest BCUT2D eigenvalue weighted by Crippen LogP contribution is 2.40. The molecule has 1 aromatic heterocycles. The number of benzene rings is 4. The number of carbonyl (C=O) groups is 1. The number of anilines is 2. The molecule has 0 atom stereocenters. The van der Waals surface area contributed by atoms with E-state index >= 15 is 0 Å². The largest absolute Gasteiger partial charge is 0.417 e. The molecule has 0 aliphatic carbocycles. The van der Waals surface area contributed by atoms with Crippen LogP contribution in [-0.2, 0) is 29.8 Å². The van der Waals surface area contributed by atoms with Crippen LogP contribution >= 0.6 is 0 Å². The van der Waals surface area contributed by atoms with Gasteiger partial charge >= 0.3 is 6.18 Å². The second-order valence-corrected chi connectivity index (χ2v) is 11.7. The number of rotatable bonds is 8. The quantitative estimate of drug-likeness (QED) is 0.128. The third kappa shape index (κ3) is 6.12. The van der Waals surface area contributed by atoms with Gasteiger partial charge in [-0.05, 0) is 66.7 Å². The lowest BCUT2D eigenvalue weighted by molar-refractivity contribution is -0.137. The van der Waals surface area contributed by atoms with Gasteiger partial charge in [0.2, 0.25) is 0 Å². The predicted octanol–water partition coefficient (Wildman–Crippen LogP) is 6.59. The highest BCUT2D eigenvalue weighted by atomic mass is 32.2. The van der Waals surface area contributed by atoms with Crippen LogP contribution < -0.4 is 15.4 Å².